The maximum atomic E-state index is 12.0. The number of carbonyl (C=O) groups is 1. The van der Waals surface area contributed by atoms with Crippen LogP contribution < -0.4 is 10.5 Å². The number of carbonyl (C=O) groups excluding carboxylic acids is 1. The number of likely N-dealkylation sites (N-methyl/N-ethyl adjacent to an activating group) is 1. The lowest BCUT2D eigenvalue weighted by atomic mass is 10.3. The van der Waals surface area contributed by atoms with E-state index in [1.54, 1.807) is 25.1 Å². The Morgan fingerprint density at radius 3 is 2.93 bits per heavy atom. The molecule has 84 valence electrons. The largest absolute Gasteiger partial charge is 0.495 e. The van der Waals surface area contributed by atoms with Crippen LogP contribution in [0, 0.1) is 0 Å². The van der Waals surface area contributed by atoms with Crippen LogP contribution >= 0.6 is 11.3 Å². The van der Waals surface area contributed by atoms with Crippen LogP contribution in [0.15, 0.2) is 11.4 Å². The Hall–Kier alpha value is -1.07. The summed E-state index contributed by atoms with van der Waals surface area (Å²) < 4.78 is 5.10. The monoisotopic (exact) mass is 228 g/mol. The first-order valence-electron chi connectivity index (χ1n) is 4.70. The lowest BCUT2D eigenvalue weighted by molar-refractivity contribution is 0.0750. The number of methoxy groups -OCH3 is 1. The minimum Gasteiger partial charge on any atom is -0.495 e. The first kappa shape index (κ1) is 12.0. The molecule has 1 aromatic rings. The predicted octanol–water partition coefficient (Wildman–Crippen LogP) is 1.18. The average molecular weight is 228 g/mol. The van der Waals surface area contributed by atoms with Gasteiger partial charge in [0.2, 0.25) is 0 Å². The molecule has 0 radical (unpaired) electrons. The molecule has 1 rings (SSSR count). The summed E-state index contributed by atoms with van der Waals surface area (Å²) in [7, 11) is 3.31. The summed E-state index contributed by atoms with van der Waals surface area (Å²) in [6, 6.07) is 1.82. The van der Waals surface area contributed by atoms with Gasteiger partial charge in [0.1, 0.15) is 10.6 Å². The average Bonchev–Trinajstić information content (AvgIpc) is 2.73. The van der Waals surface area contributed by atoms with Crippen LogP contribution in [0.2, 0.25) is 0 Å². The molecule has 0 aromatic carbocycles. The molecule has 1 amide bonds. The van der Waals surface area contributed by atoms with Crippen molar-refractivity contribution in [3.8, 4) is 5.75 Å². The SMILES string of the molecule is COc1ccsc1C(=O)N(C)C(C)CN. The fourth-order valence-electron chi connectivity index (χ4n) is 1.13. The van der Waals surface area contributed by atoms with Gasteiger partial charge in [0, 0.05) is 19.6 Å². The molecule has 1 unspecified atom stereocenters. The van der Waals surface area contributed by atoms with Crippen molar-refractivity contribution >= 4 is 17.2 Å². The zero-order valence-electron chi connectivity index (χ0n) is 9.19. The van der Waals surface area contributed by atoms with Crippen LogP contribution in [-0.4, -0.2) is 37.6 Å². The highest BCUT2D eigenvalue weighted by Gasteiger charge is 2.20. The molecule has 1 heterocycles. The van der Waals surface area contributed by atoms with Crippen LogP contribution in [0.4, 0.5) is 0 Å². The first-order valence-corrected chi connectivity index (χ1v) is 5.58. The number of nitrogens with two attached hydrogens (primary N) is 1. The summed E-state index contributed by atoms with van der Waals surface area (Å²) in [5.74, 6) is 0.584. The number of nitrogens with zero attached hydrogens (tertiary/aromatic N) is 1. The molecule has 0 spiro atoms. The number of hydrogen-bond acceptors (Lipinski definition) is 4. The molecule has 0 bridgehead atoms. The van der Waals surface area contributed by atoms with E-state index in [1.807, 2.05) is 12.3 Å². The fourth-order valence-corrected chi connectivity index (χ4v) is 1.97. The van der Waals surface area contributed by atoms with Crippen molar-refractivity contribution in [1.29, 1.82) is 0 Å². The van der Waals surface area contributed by atoms with Gasteiger partial charge in [0.15, 0.2) is 0 Å². The van der Waals surface area contributed by atoms with Crippen LogP contribution in [0.25, 0.3) is 0 Å². The van der Waals surface area contributed by atoms with Gasteiger partial charge in [-0.05, 0) is 18.4 Å². The Morgan fingerprint density at radius 1 is 1.73 bits per heavy atom. The summed E-state index contributed by atoms with van der Waals surface area (Å²) >= 11 is 1.38. The zero-order valence-corrected chi connectivity index (χ0v) is 10.0. The smallest absolute Gasteiger partial charge is 0.267 e. The van der Waals surface area contributed by atoms with Gasteiger partial charge in [-0.15, -0.1) is 11.3 Å². The van der Waals surface area contributed by atoms with Crippen LogP contribution in [0.5, 0.6) is 5.75 Å². The number of thiophene rings is 1. The van der Waals surface area contributed by atoms with Gasteiger partial charge in [-0.2, -0.15) is 0 Å². The summed E-state index contributed by atoms with van der Waals surface area (Å²) in [6.45, 7) is 2.37. The zero-order chi connectivity index (χ0) is 11.4. The van der Waals surface area contributed by atoms with Crippen molar-refractivity contribution in [2.24, 2.45) is 5.73 Å². The topological polar surface area (TPSA) is 55.6 Å². The van der Waals surface area contributed by atoms with Gasteiger partial charge in [0.05, 0.1) is 7.11 Å². The second-order valence-electron chi connectivity index (χ2n) is 3.32. The van der Waals surface area contributed by atoms with E-state index in [0.29, 0.717) is 17.2 Å². The maximum absolute atomic E-state index is 12.0. The second-order valence-corrected chi connectivity index (χ2v) is 4.23. The van der Waals surface area contributed by atoms with Gasteiger partial charge < -0.3 is 15.4 Å². The molecule has 0 aliphatic heterocycles. The Morgan fingerprint density at radius 2 is 2.40 bits per heavy atom. The highest BCUT2D eigenvalue weighted by atomic mass is 32.1. The summed E-state index contributed by atoms with van der Waals surface area (Å²) in [6.07, 6.45) is 0. The van der Waals surface area contributed by atoms with E-state index in [1.165, 1.54) is 11.3 Å². The van der Waals surface area contributed by atoms with Crippen molar-refractivity contribution in [1.82, 2.24) is 4.90 Å². The molecule has 0 saturated carbocycles. The van der Waals surface area contributed by atoms with E-state index in [9.17, 15) is 4.79 Å². The highest BCUT2D eigenvalue weighted by molar-refractivity contribution is 7.12. The molecular weight excluding hydrogens is 212 g/mol. The third-order valence-corrected chi connectivity index (χ3v) is 3.25. The molecule has 0 aliphatic rings. The standard InChI is InChI=1S/C10H16N2O2S/c1-7(6-11)12(2)10(13)9-8(14-3)4-5-15-9/h4-5,7H,6,11H2,1-3H3. The van der Waals surface area contributed by atoms with E-state index >= 15 is 0 Å². The van der Waals surface area contributed by atoms with E-state index in [0.717, 1.165) is 0 Å². The summed E-state index contributed by atoms with van der Waals surface area (Å²) in [5.41, 5.74) is 5.51. The lowest BCUT2D eigenvalue weighted by Crippen LogP contribution is -2.39. The van der Waals surface area contributed by atoms with Crippen LogP contribution in [-0.2, 0) is 0 Å². The van der Waals surface area contributed by atoms with Gasteiger partial charge in [-0.1, -0.05) is 0 Å². The highest BCUT2D eigenvalue weighted by Crippen LogP contribution is 2.25. The normalized spacial score (nSPS) is 12.3. The lowest BCUT2D eigenvalue weighted by Gasteiger charge is -2.23. The van der Waals surface area contributed by atoms with Crippen molar-refractivity contribution < 1.29 is 9.53 Å². The quantitative estimate of drug-likeness (QED) is 0.841. The Labute approximate surface area is 93.6 Å². The number of amides is 1. The van der Waals surface area contributed by atoms with Gasteiger partial charge in [-0.25, -0.2) is 0 Å². The minimum absolute atomic E-state index is 0.0318. The van der Waals surface area contributed by atoms with E-state index < -0.39 is 0 Å². The van der Waals surface area contributed by atoms with Crippen molar-refractivity contribution in [2.45, 2.75) is 13.0 Å². The van der Waals surface area contributed by atoms with Crippen LogP contribution in [0.1, 0.15) is 16.6 Å². The molecule has 2 N–H and O–H groups in total. The van der Waals surface area contributed by atoms with Gasteiger partial charge in [0.25, 0.3) is 5.91 Å². The van der Waals surface area contributed by atoms with Gasteiger partial charge >= 0.3 is 0 Å². The third kappa shape index (κ3) is 2.49. The molecule has 5 heteroatoms. The Bertz CT molecular complexity index is 338. The third-order valence-electron chi connectivity index (χ3n) is 2.37. The van der Waals surface area contributed by atoms with E-state index in [2.05, 4.69) is 0 Å². The Kier molecular flexibility index (Phi) is 4.11. The van der Waals surface area contributed by atoms with Crippen LogP contribution in [0.3, 0.4) is 0 Å². The Balaban J connectivity index is 2.84. The fraction of sp³-hybridized carbons (Fsp3) is 0.500. The van der Waals surface area contributed by atoms with E-state index in [4.69, 9.17) is 10.5 Å². The number of hydrogen-bond donors (Lipinski definition) is 1. The maximum Gasteiger partial charge on any atom is 0.267 e. The number of ether oxygens (including phenoxy) is 1. The van der Waals surface area contributed by atoms with Crippen molar-refractivity contribution in [3.63, 3.8) is 0 Å². The number of rotatable bonds is 4. The van der Waals surface area contributed by atoms with Crippen molar-refractivity contribution in [3.05, 3.63) is 16.3 Å². The summed E-state index contributed by atoms with van der Waals surface area (Å²) in [4.78, 5) is 14.2. The molecule has 1 atom stereocenters. The molecular formula is C10H16N2O2S. The molecule has 15 heavy (non-hydrogen) atoms. The summed E-state index contributed by atoms with van der Waals surface area (Å²) in [5, 5.41) is 1.84. The predicted molar refractivity (Wildman–Crippen MR) is 61.5 cm³/mol. The first-order chi connectivity index (χ1) is 7.11. The molecule has 0 saturated heterocycles. The molecule has 0 aliphatic carbocycles. The second kappa shape index (κ2) is 5.14. The molecule has 1 aromatic heterocycles. The molecule has 4 nitrogen and oxygen atoms in total. The molecule has 0 fully saturated rings. The van der Waals surface area contributed by atoms with Gasteiger partial charge in [-0.3, -0.25) is 4.79 Å². The van der Waals surface area contributed by atoms with E-state index in [-0.39, 0.29) is 11.9 Å². The minimum atomic E-state index is -0.0419. The van der Waals surface area contributed by atoms with Crippen molar-refractivity contribution in [2.75, 3.05) is 20.7 Å².